The average Bonchev–Trinajstić information content (AvgIpc) is 3.23. The molecule has 6 nitrogen and oxygen atoms in total. The summed E-state index contributed by atoms with van der Waals surface area (Å²) >= 11 is 0. The summed E-state index contributed by atoms with van der Waals surface area (Å²) in [5.74, 6) is 0.990. The molecule has 0 spiro atoms. The van der Waals surface area contributed by atoms with E-state index < -0.39 is 0 Å². The Labute approximate surface area is 168 Å². The number of carbonyl (C=O) groups excluding carboxylic acids is 1. The molecule has 2 heterocycles. The Bertz CT molecular complexity index is 1110. The topological polar surface area (TPSA) is 69.0 Å². The van der Waals surface area contributed by atoms with Crippen molar-refractivity contribution in [3.8, 4) is 17.0 Å². The van der Waals surface area contributed by atoms with Crippen LogP contribution in [0.4, 0.5) is 5.82 Å². The lowest BCUT2D eigenvalue weighted by Gasteiger charge is -2.09. The maximum atomic E-state index is 13.2. The van der Waals surface area contributed by atoms with Crippen molar-refractivity contribution in [3.05, 3.63) is 96.3 Å². The highest BCUT2D eigenvalue weighted by Gasteiger charge is 2.18. The smallest absolute Gasteiger partial charge is 0.280 e. The molecule has 1 N–H and O–H groups in total. The van der Waals surface area contributed by atoms with Crippen molar-refractivity contribution < 1.29 is 9.53 Å². The lowest BCUT2D eigenvalue weighted by Crippen LogP contribution is -2.17. The zero-order valence-electron chi connectivity index (χ0n) is 15.9. The number of carbonyl (C=O) groups is 1. The normalized spacial score (nSPS) is 10.5. The fraction of sp³-hybridized carbons (Fsp3) is 0.0870. The fourth-order valence-corrected chi connectivity index (χ4v) is 2.98. The number of hydrogen-bond donors (Lipinski definition) is 1. The summed E-state index contributed by atoms with van der Waals surface area (Å²) in [6.45, 7) is 0.574. The highest BCUT2D eigenvalue weighted by atomic mass is 16.5. The highest BCUT2D eigenvalue weighted by Crippen LogP contribution is 2.23. The second-order valence-corrected chi connectivity index (χ2v) is 6.44. The zero-order valence-corrected chi connectivity index (χ0v) is 15.9. The lowest BCUT2D eigenvalue weighted by atomic mass is 10.2. The summed E-state index contributed by atoms with van der Waals surface area (Å²) in [4.78, 5) is 17.3. The van der Waals surface area contributed by atoms with E-state index >= 15 is 0 Å². The van der Waals surface area contributed by atoms with Crippen LogP contribution in [-0.2, 0) is 6.54 Å². The molecule has 0 fully saturated rings. The number of methoxy groups -OCH3 is 1. The van der Waals surface area contributed by atoms with Gasteiger partial charge in [-0.15, -0.1) is 0 Å². The molecule has 4 aromatic rings. The van der Waals surface area contributed by atoms with E-state index in [2.05, 4.69) is 15.4 Å². The van der Waals surface area contributed by atoms with Crippen LogP contribution in [0.3, 0.4) is 0 Å². The zero-order chi connectivity index (χ0) is 20.1. The minimum absolute atomic E-state index is 0.241. The Balaban J connectivity index is 1.70. The van der Waals surface area contributed by atoms with Gasteiger partial charge < -0.3 is 10.1 Å². The molecule has 0 atom stereocenters. The van der Waals surface area contributed by atoms with E-state index in [-0.39, 0.29) is 5.91 Å². The number of nitrogens with one attached hydrogen (secondary N) is 1. The molecule has 6 heteroatoms. The maximum Gasteiger partial charge on any atom is 0.280 e. The van der Waals surface area contributed by atoms with Gasteiger partial charge in [-0.2, -0.15) is 9.78 Å². The Kier molecular flexibility index (Phi) is 5.33. The van der Waals surface area contributed by atoms with Crippen LogP contribution in [0.1, 0.15) is 15.9 Å². The Morgan fingerprint density at radius 2 is 1.90 bits per heavy atom. The van der Waals surface area contributed by atoms with Gasteiger partial charge in [0.05, 0.1) is 12.8 Å². The van der Waals surface area contributed by atoms with E-state index in [1.165, 1.54) is 4.68 Å². The molecular formula is C23H20N4O2. The van der Waals surface area contributed by atoms with E-state index in [1.54, 1.807) is 43.8 Å². The number of anilines is 1. The molecule has 4 rings (SSSR count). The van der Waals surface area contributed by atoms with Gasteiger partial charge in [0.2, 0.25) is 0 Å². The summed E-state index contributed by atoms with van der Waals surface area (Å²) in [5.41, 5.74) is 3.11. The standard InChI is InChI=1S/C23H20N4O2/c1-29-20-11-5-9-18(13-20)23(28)27-22(25-15-17-7-3-2-4-8-17)14-21(26-27)19-10-6-12-24-16-19/h2-14,16,25H,15H2,1H3. The molecule has 2 aromatic carbocycles. The molecule has 0 saturated heterocycles. The van der Waals surface area contributed by atoms with Gasteiger partial charge in [0.1, 0.15) is 11.6 Å². The van der Waals surface area contributed by atoms with Gasteiger partial charge in [0.15, 0.2) is 0 Å². The van der Waals surface area contributed by atoms with E-state index in [0.717, 1.165) is 11.1 Å². The van der Waals surface area contributed by atoms with E-state index in [0.29, 0.717) is 29.4 Å². The first-order valence-electron chi connectivity index (χ1n) is 9.21. The molecule has 144 valence electrons. The summed E-state index contributed by atoms with van der Waals surface area (Å²) in [7, 11) is 1.57. The molecule has 0 bridgehead atoms. The molecular weight excluding hydrogens is 364 g/mol. The van der Waals surface area contributed by atoms with Gasteiger partial charge in [-0.3, -0.25) is 9.78 Å². The van der Waals surface area contributed by atoms with Crippen molar-refractivity contribution >= 4 is 11.7 Å². The second kappa shape index (κ2) is 8.39. The molecule has 29 heavy (non-hydrogen) atoms. The third kappa shape index (κ3) is 4.16. The Morgan fingerprint density at radius 1 is 1.03 bits per heavy atom. The SMILES string of the molecule is COc1cccc(C(=O)n2nc(-c3cccnc3)cc2NCc2ccccc2)c1. The molecule has 0 aliphatic rings. The van der Waals surface area contributed by atoms with Gasteiger partial charge in [-0.05, 0) is 35.9 Å². The van der Waals surface area contributed by atoms with Crippen LogP contribution in [0.2, 0.25) is 0 Å². The summed E-state index contributed by atoms with van der Waals surface area (Å²) in [6, 6.07) is 22.6. The first-order valence-corrected chi connectivity index (χ1v) is 9.21. The molecule has 0 aliphatic carbocycles. The first-order chi connectivity index (χ1) is 14.2. The highest BCUT2D eigenvalue weighted by molar-refractivity contribution is 5.98. The quantitative estimate of drug-likeness (QED) is 0.538. The molecule has 0 saturated carbocycles. The maximum absolute atomic E-state index is 13.2. The number of nitrogens with zero attached hydrogens (tertiary/aromatic N) is 3. The third-order valence-corrected chi connectivity index (χ3v) is 4.49. The van der Waals surface area contributed by atoms with Crippen LogP contribution in [0.25, 0.3) is 11.3 Å². The fourth-order valence-electron chi connectivity index (χ4n) is 2.98. The Morgan fingerprint density at radius 3 is 2.66 bits per heavy atom. The van der Waals surface area contributed by atoms with Crippen molar-refractivity contribution in [1.82, 2.24) is 14.8 Å². The van der Waals surface area contributed by atoms with E-state index in [9.17, 15) is 4.79 Å². The molecule has 0 radical (unpaired) electrons. The number of ether oxygens (including phenoxy) is 1. The van der Waals surface area contributed by atoms with Crippen LogP contribution >= 0.6 is 0 Å². The largest absolute Gasteiger partial charge is 0.497 e. The predicted octanol–water partition coefficient (Wildman–Crippen LogP) is 4.25. The summed E-state index contributed by atoms with van der Waals surface area (Å²) in [6.07, 6.45) is 3.43. The minimum Gasteiger partial charge on any atom is -0.497 e. The van der Waals surface area contributed by atoms with E-state index in [1.807, 2.05) is 48.5 Å². The second-order valence-electron chi connectivity index (χ2n) is 6.44. The number of rotatable bonds is 6. The van der Waals surface area contributed by atoms with E-state index in [4.69, 9.17) is 4.74 Å². The first kappa shape index (κ1) is 18.4. The van der Waals surface area contributed by atoms with Gasteiger partial charge in [0.25, 0.3) is 5.91 Å². The van der Waals surface area contributed by atoms with Crippen molar-refractivity contribution in [2.45, 2.75) is 6.54 Å². The number of pyridine rings is 1. The van der Waals surface area contributed by atoms with Gasteiger partial charge in [-0.25, -0.2) is 0 Å². The number of benzene rings is 2. The van der Waals surface area contributed by atoms with Crippen molar-refractivity contribution in [1.29, 1.82) is 0 Å². The van der Waals surface area contributed by atoms with Crippen molar-refractivity contribution in [2.75, 3.05) is 12.4 Å². The molecule has 0 unspecified atom stereocenters. The molecule has 2 aromatic heterocycles. The summed E-state index contributed by atoms with van der Waals surface area (Å²) < 4.78 is 6.63. The lowest BCUT2D eigenvalue weighted by molar-refractivity contribution is 0.0947. The van der Waals surface area contributed by atoms with Gasteiger partial charge in [0, 0.05) is 36.1 Å². The summed E-state index contributed by atoms with van der Waals surface area (Å²) in [5, 5.41) is 7.88. The van der Waals surface area contributed by atoms with Crippen LogP contribution in [0.15, 0.2) is 85.2 Å². The van der Waals surface area contributed by atoms with Crippen LogP contribution in [0.5, 0.6) is 5.75 Å². The van der Waals surface area contributed by atoms with Gasteiger partial charge >= 0.3 is 0 Å². The van der Waals surface area contributed by atoms with Crippen LogP contribution < -0.4 is 10.1 Å². The van der Waals surface area contributed by atoms with Crippen molar-refractivity contribution in [2.24, 2.45) is 0 Å². The minimum atomic E-state index is -0.241. The Hall–Kier alpha value is -3.93. The van der Waals surface area contributed by atoms with Crippen molar-refractivity contribution in [3.63, 3.8) is 0 Å². The average molecular weight is 384 g/mol. The van der Waals surface area contributed by atoms with Crippen LogP contribution in [0, 0.1) is 0 Å². The third-order valence-electron chi connectivity index (χ3n) is 4.49. The molecule has 0 aliphatic heterocycles. The number of hydrogen-bond acceptors (Lipinski definition) is 5. The van der Waals surface area contributed by atoms with Crippen LogP contribution in [-0.4, -0.2) is 27.8 Å². The monoisotopic (exact) mass is 384 g/mol. The molecule has 0 amide bonds. The number of aromatic nitrogens is 3. The predicted molar refractivity (Wildman–Crippen MR) is 112 cm³/mol. The van der Waals surface area contributed by atoms with Gasteiger partial charge in [-0.1, -0.05) is 36.4 Å².